The number of nitrogens with one attached hydrogen (secondary N) is 2. The number of carbonyl (C=O) groups excluding carboxylic acids is 2. The Morgan fingerprint density at radius 3 is 2.54 bits per heavy atom. The molecule has 140 valence electrons. The molecule has 26 heavy (non-hydrogen) atoms. The summed E-state index contributed by atoms with van der Waals surface area (Å²) in [6, 6.07) is 12.1. The minimum atomic E-state index is -1.31. The van der Waals surface area contributed by atoms with E-state index in [2.05, 4.69) is 10.3 Å². The van der Waals surface area contributed by atoms with E-state index in [1.807, 2.05) is 30.3 Å². The van der Waals surface area contributed by atoms with E-state index in [0.29, 0.717) is 0 Å². The Bertz CT molecular complexity index is 715. The van der Waals surface area contributed by atoms with Gasteiger partial charge < -0.3 is 30.0 Å². The second kappa shape index (κ2) is 9.59. The highest BCUT2D eigenvalue weighted by Crippen LogP contribution is 2.16. The zero-order chi connectivity index (χ0) is 18.9. The molecule has 8 nitrogen and oxygen atoms in total. The molecule has 8 heteroatoms. The fraction of sp³-hybridized carbons (Fsp3) is 0.333. The van der Waals surface area contributed by atoms with E-state index < -0.39 is 24.3 Å². The number of aromatic nitrogens is 1. The SMILES string of the molecule is CCOC(=O)c1ccc(C(O)C(O)CNC(=O)OCc2ccccc2)[nH]1. The number of amides is 1. The van der Waals surface area contributed by atoms with Crippen LogP contribution in [0.1, 0.15) is 34.8 Å². The van der Waals surface area contributed by atoms with E-state index in [-0.39, 0.29) is 31.1 Å². The summed E-state index contributed by atoms with van der Waals surface area (Å²) in [6.07, 6.45) is -3.31. The number of hydrogen-bond donors (Lipinski definition) is 4. The number of hydrogen-bond acceptors (Lipinski definition) is 6. The summed E-state index contributed by atoms with van der Waals surface area (Å²) >= 11 is 0. The van der Waals surface area contributed by atoms with Gasteiger partial charge in [0.2, 0.25) is 0 Å². The Morgan fingerprint density at radius 2 is 1.85 bits per heavy atom. The van der Waals surface area contributed by atoms with Crippen molar-refractivity contribution in [1.29, 1.82) is 0 Å². The molecular weight excluding hydrogens is 340 g/mol. The van der Waals surface area contributed by atoms with Gasteiger partial charge in [-0.25, -0.2) is 9.59 Å². The van der Waals surface area contributed by atoms with Crippen molar-refractivity contribution in [2.45, 2.75) is 25.7 Å². The van der Waals surface area contributed by atoms with E-state index in [4.69, 9.17) is 9.47 Å². The highest BCUT2D eigenvalue weighted by atomic mass is 16.5. The van der Waals surface area contributed by atoms with Crippen LogP contribution in [0, 0.1) is 0 Å². The second-order valence-electron chi connectivity index (χ2n) is 5.50. The van der Waals surface area contributed by atoms with Crippen molar-refractivity contribution in [3.05, 3.63) is 59.4 Å². The predicted molar refractivity (Wildman–Crippen MR) is 92.3 cm³/mol. The van der Waals surface area contributed by atoms with Crippen molar-refractivity contribution < 1.29 is 29.3 Å². The topological polar surface area (TPSA) is 121 Å². The molecule has 0 aliphatic carbocycles. The fourth-order valence-electron chi connectivity index (χ4n) is 2.19. The summed E-state index contributed by atoms with van der Waals surface area (Å²) in [5.74, 6) is -0.553. The molecular formula is C18H22N2O6. The second-order valence-corrected chi connectivity index (χ2v) is 5.50. The van der Waals surface area contributed by atoms with E-state index in [0.717, 1.165) is 5.56 Å². The average Bonchev–Trinajstić information content (AvgIpc) is 3.15. The number of alkyl carbamates (subject to hydrolysis) is 1. The quantitative estimate of drug-likeness (QED) is 0.528. The maximum Gasteiger partial charge on any atom is 0.407 e. The number of aromatic amines is 1. The number of H-pyrrole nitrogens is 1. The van der Waals surface area contributed by atoms with Gasteiger partial charge in [0.25, 0.3) is 0 Å². The first-order valence-electron chi connectivity index (χ1n) is 8.18. The minimum absolute atomic E-state index is 0.102. The number of rotatable bonds is 8. The van der Waals surface area contributed by atoms with Crippen molar-refractivity contribution >= 4 is 12.1 Å². The van der Waals surface area contributed by atoms with Gasteiger partial charge in [-0.2, -0.15) is 0 Å². The van der Waals surface area contributed by atoms with Crippen LogP contribution in [0.5, 0.6) is 0 Å². The lowest BCUT2D eigenvalue weighted by Gasteiger charge is -2.17. The van der Waals surface area contributed by atoms with Crippen molar-refractivity contribution in [2.24, 2.45) is 0 Å². The molecule has 0 saturated carbocycles. The number of carbonyl (C=O) groups is 2. The lowest BCUT2D eigenvalue weighted by molar-refractivity contribution is 0.0160. The molecule has 4 N–H and O–H groups in total. The fourth-order valence-corrected chi connectivity index (χ4v) is 2.19. The first-order valence-corrected chi connectivity index (χ1v) is 8.18. The van der Waals surface area contributed by atoms with Gasteiger partial charge in [0.15, 0.2) is 0 Å². The maximum atomic E-state index is 11.7. The summed E-state index contributed by atoms with van der Waals surface area (Å²) in [5.41, 5.74) is 1.24. The lowest BCUT2D eigenvalue weighted by atomic mass is 10.1. The standard InChI is InChI=1S/C18H22N2O6/c1-2-25-17(23)14-9-8-13(20-14)16(22)15(21)10-19-18(24)26-11-12-6-4-3-5-7-12/h3-9,15-16,20-22H,2,10-11H2,1H3,(H,19,24). The monoisotopic (exact) mass is 362 g/mol. The molecule has 0 fully saturated rings. The number of aliphatic hydroxyl groups excluding tert-OH is 2. The molecule has 0 aliphatic heterocycles. The number of benzene rings is 1. The van der Waals surface area contributed by atoms with Crippen LogP contribution in [0.15, 0.2) is 42.5 Å². The molecule has 1 amide bonds. The molecule has 1 heterocycles. The van der Waals surface area contributed by atoms with Gasteiger partial charge in [0.1, 0.15) is 24.5 Å². The van der Waals surface area contributed by atoms with Crippen LogP contribution in [0.4, 0.5) is 4.79 Å². The van der Waals surface area contributed by atoms with Crippen LogP contribution in [0.2, 0.25) is 0 Å². The summed E-state index contributed by atoms with van der Waals surface area (Å²) in [4.78, 5) is 25.9. The molecule has 1 aromatic carbocycles. The van der Waals surface area contributed by atoms with Gasteiger partial charge in [-0.15, -0.1) is 0 Å². The van der Waals surface area contributed by atoms with Gasteiger partial charge in [0.05, 0.1) is 6.61 Å². The Kier molecular flexibility index (Phi) is 7.19. The molecule has 1 aromatic heterocycles. The van der Waals surface area contributed by atoms with E-state index in [1.54, 1.807) is 6.92 Å². The molecule has 2 unspecified atom stereocenters. The molecule has 2 aromatic rings. The van der Waals surface area contributed by atoms with E-state index in [9.17, 15) is 19.8 Å². The summed E-state index contributed by atoms with van der Waals surface area (Å²) in [6.45, 7) is 1.80. The van der Waals surface area contributed by atoms with Crippen LogP contribution in [0.3, 0.4) is 0 Å². The molecule has 0 spiro atoms. The zero-order valence-corrected chi connectivity index (χ0v) is 14.3. The predicted octanol–water partition coefficient (Wildman–Crippen LogP) is 1.51. The number of esters is 1. The van der Waals surface area contributed by atoms with Gasteiger partial charge >= 0.3 is 12.1 Å². The van der Waals surface area contributed by atoms with Crippen molar-refractivity contribution in [2.75, 3.05) is 13.2 Å². The third-order valence-corrected chi connectivity index (χ3v) is 3.56. The smallest absolute Gasteiger partial charge is 0.407 e. The van der Waals surface area contributed by atoms with Crippen LogP contribution >= 0.6 is 0 Å². The molecule has 0 bridgehead atoms. The van der Waals surface area contributed by atoms with Crippen LogP contribution in [-0.4, -0.2) is 46.5 Å². The van der Waals surface area contributed by atoms with Gasteiger partial charge in [-0.1, -0.05) is 30.3 Å². The molecule has 2 atom stereocenters. The Balaban J connectivity index is 1.78. The first-order chi connectivity index (χ1) is 12.5. The molecule has 0 radical (unpaired) electrons. The Morgan fingerprint density at radius 1 is 1.12 bits per heavy atom. The highest BCUT2D eigenvalue weighted by Gasteiger charge is 2.22. The van der Waals surface area contributed by atoms with E-state index >= 15 is 0 Å². The number of aliphatic hydroxyl groups is 2. The lowest BCUT2D eigenvalue weighted by Crippen LogP contribution is -2.35. The zero-order valence-electron chi connectivity index (χ0n) is 14.3. The first kappa shape index (κ1) is 19.5. The van der Waals surface area contributed by atoms with Crippen molar-refractivity contribution in [3.63, 3.8) is 0 Å². The molecule has 2 rings (SSSR count). The van der Waals surface area contributed by atoms with Gasteiger partial charge in [-0.05, 0) is 24.6 Å². The normalized spacial score (nSPS) is 12.9. The molecule has 0 saturated heterocycles. The third kappa shape index (κ3) is 5.61. The van der Waals surface area contributed by atoms with Crippen molar-refractivity contribution in [3.8, 4) is 0 Å². The third-order valence-electron chi connectivity index (χ3n) is 3.56. The summed E-state index contributed by atoms with van der Waals surface area (Å²) < 4.78 is 9.85. The van der Waals surface area contributed by atoms with Crippen LogP contribution < -0.4 is 5.32 Å². The number of ether oxygens (including phenoxy) is 2. The summed E-state index contributed by atoms with van der Waals surface area (Å²) in [7, 11) is 0. The van der Waals surface area contributed by atoms with Crippen LogP contribution in [0.25, 0.3) is 0 Å². The van der Waals surface area contributed by atoms with Gasteiger partial charge in [-0.3, -0.25) is 0 Å². The Labute approximate surface area is 150 Å². The van der Waals surface area contributed by atoms with Gasteiger partial charge in [0, 0.05) is 12.2 Å². The highest BCUT2D eigenvalue weighted by molar-refractivity contribution is 5.87. The summed E-state index contributed by atoms with van der Waals surface area (Å²) in [5, 5.41) is 22.5. The van der Waals surface area contributed by atoms with E-state index in [1.165, 1.54) is 12.1 Å². The largest absolute Gasteiger partial charge is 0.461 e. The molecule has 0 aliphatic rings. The van der Waals surface area contributed by atoms with Crippen molar-refractivity contribution in [1.82, 2.24) is 10.3 Å². The average molecular weight is 362 g/mol. The minimum Gasteiger partial charge on any atom is -0.461 e. The Hall–Kier alpha value is -2.84. The van der Waals surface area contributed by atoms with Crippen LogP contribution in [-0.2, 0) is 16.1 Å². The maximum absolute atomic E-state index is 11.7.